The largest absolute Gasteiger partial charge is 0.508 e. The number of phenolic OH excluding ortho intramolecular Hbond substituents is 1. The summed E-state index contributed by atoms with van der Waals surface area (Å²) in [6.45, 7) is 2.07. The van der Waals surface area contributed by atoms with E-state index in [1.54, 1.807) is 28.9 Å². The van der Waals surface area contributed by atoms with Gasteiger partial charge in [0.15, 0.2) is 6.29 Å². The maximum Gasteiger partial charge on any atom is 0.408 e. The van der Waals surface area contributed by atoms with Crippen LogP contribution in [0.1, 0.15) is 53.6 Å². The zero-order chi connectivity index (χ0) is 37.6. The van der Waals surface area contributed by atoms with Crippen LogP contribution in [-0.4, -0.2) is 71.1 Å². The van der Waals surface area contributed by atoms with Gasteiger partial charge in [0.2, 0.25) is 11.1 Å². The fourth-order valence-corrected chi connectivity index (χ4v) is 7.38. The van der Waals surface area contributed by atoms with Gasteiger partial charge in [-0.25, -0.2) is 4.79 Å². The third kappa shape index (κ3) is 8.44. The van der Waals surface area contributed by atoms with Gasteiger partial charge in [0.05, 0.1) is 37.5 Å². The third-order valence-corrected chi connectivity index (χ3v) is 10.4. The highest BCUT2D eigenvalue weighted by atomic mass is 32.2. The standard InChI is InChI=1S/C39H38N6O8S/c1-24-33(23-54-38-41-42-43-45(38)30-15-17-31(47)18-16-30)52-37(53-35(24)28-11-9-26(21-46)10-12-28)29-13-7-25(8-14-29)20-44-34(48)19-32(36(44)49)40-39(50)51-22-27-5-3-2-4-6-27/h2-18,24,32-33,35,37,46-47H,19-23H2,1H3,(H,40,50)/t24-,32?,33+,35+,37+/m1/s1. The van der Waals surface area contributed by atoms with E-state index in [-0.39, 0.29) is 50.1 Å². The van der Waals surface area contributed by atoms with Crippen LogP contribution in [0.4, 0.5) is 4.79 Å². The van der Waals surface area contributed by atoms with Gasteiger partial charge >= 0.3 is 6.09 Å². The number of benzene rings is 4. The number of tetrazole rings is 1. The Bertz CT molecular complexity index is 2060. The van der Waals surface area contributed by atoms with Crippen LogP contribution < -0.4 is 5.32 Å². The van der Waals surface area contributed by atoms with Gasteiger partial charge in [-0.2, -0.15) is 4.68 Å². The number of phenols is 1. The lowest BCUT2D eigenvalue weighted by Gasteiger charge is -2.41. The molecule has 3 N–H and O–H groups in total. The van der Waals surface area contributed by atoms with Crippen molar-refractivity contribution in [3.05, 3.63) is 131 Å². The fourth-order valence-electron chi connectivity index (χ4n) is 6.32. The van der Waals surface area contributed by atoms with Crippen molar-refractivity contribution in [2.24, 2.45) is 5.92 Å². The number of carbonyl (C=O) groups excluding carboxylic acids is 3. The van der Waals surface area contributed by atoms with Crippen LogP contribution in [-0.2, 0) is 43.6 Å². The van der Waals surface area contributed by atoms with E-state index in [1.807, 2.05) is 78.9 Å². The number of likely N-dealkylation sites (tertiary alicyclic amines) is 1. The van der Waals surface area contributed by atoms with E-state index < -0.39 is 30.2 Å². The molecule has 2 aliphatic rings. The number of hydrogen-bond acceptors (Lipinski definition) is 12. The highest BCUT2D eigenvalue weighted by molar-refractivity contribution is 7.99. The SMILES string of the molecule is C[C@@H]1[C@H](CSc2nnnn2-c2ccc(O)cc2)O[C@H](c2ccc(CN3C(=O)CC(NC(=O)OCc4ccccc4)C3=O)cc2)O[C@@H]1c1ccc(CO)cc1. The number of aliphatic hydroxyl groups excluding tert-OH is 1. The number of imide groups is 1. The summed E-state index contributed by atoms with van der Waals surface area (Å²) in [5, 5.41) is 34.6. The van der Waals surface area contributed by atoms with Crippen molar-refractivity contribution < 1.29 is 38.8 Å². The molecule has 54 heavy (non-hydrogen) atoms. The van der Waals surface area contributed by atoms with Crippen LogP contribution in [0.15, 0.2) is 108 Å². The van der Waals surface area contributed by atoms with E-state index in [2.05, 4.69) is 27.8 Å². The molecular weight excluding hydrogens is 713 g/mol. The number of nitrogens with zero attached hydrogens (tertiary/aromatic N) is 5. The molecule has 0 bridgehead atoms. The number of thioether (sulfide) groups is 1. The van der Waals surface area contributed by atoms with E-state index in [9.17, 15) is 24.6 Å². The van der Waals surface area contributed by atoms with Crippen LogP contribution in [0, 0.1) is 5.92 Å². The van der Waals surface area contributed by atoms with Crippen molar-refractivity contribution in [3.8, 4) is 11.4 Å². The molecule has 5 aromatic rings. The Hall–Kier alpha value is -5.61. The Morgan fingerprint density at radius 3 is 2.33 bits per heavy atom. The second-order valence-corrected chi connectivity index (χ2v) is 14.0. The molecule has 0 saturated carbocycles. The Morgan fingerprint density at radius 2 is 1.61 bits per heavy atom. The molecule has 278 valence electrons. The quantitative estimate of drug-likeness (QED) is 0.115. The fraction of sp³-hybridized carbons (Fsp3) is 0.282. The van der Waals surface area contributed by atoms with E-state index in [0.717, 1.165) is 27.2 Å². The normalized spacial score (nSPS) is 21.3. The molecule has 4 aromatic carbocycles. The van der Waals surface area contributed by atoms with Crippen molar-refractivity contribution >= 4 is 29.7 Å². The Morgan fingerprint density at radius 1 is 0.907 bits per heavy atom. The summed E-state index contributed by atoms with van der Waals surface area (Å²) < 4.78 is 20.0. The first-order valence-corrected chi connectivity index (χ1v) is 18.4. The number of nitrogens with one attached hydrogen (secondary N) is 1. The molecule has 15 heteroatoms. The van der Waals surface area contributed by atoms with E-state index in [1.165, 1.54) is 11.8 Å². The Kier molecular flexibility index (Phi) is 11.3. The number of carbonyl (C=O) groups is 3. The molecular formula is C39H38N6O8S. The lowest BCUT2D eigenvalue weighted by Crippen LogP contribution is -2.41. The minimum Gasteiger partial charge on any atom is -0.508 e. The van der Waals surface area contributed by atoms with Gasteiger partial charge in [0.25, 0.3) is 5.91 Å². The number of ether oxygens (including phenoxy) is 3. The third-order valence-electron chi connectivity index (χ3n) is 9.38. The second-order valence-electron chi connectivity index (χ2n) is 13.0. The minimum atomic E-state index is -1.00. The molecule has 1 aromatic heterocycles. The molecule has 5 atom stereocenters. The molecule has 2 aliphatic heterocycles. The van der Waals surface area contributed by atoms with Crippen LogP contribution in [0.5, 0.6) is 5.75 Å². The summed E-state index contributed by atoms with van der Waals surface area (Å²) in [6.07, 6.45) is -2.32. The van der Waals surface area contributed by atoms with Crippen molar-refractivity contribution in [1.82, 2.24) is 30.4 Å². The minimum absolute atomic E-state index is 0.0352. The van der Waals surface area contributed by atoms with E-state index in [0.29, 0.717) is 22.2 Å². The molecule has 2 fully saturated rings. The van der Waals surface area contributed by atoms with Gasteiger partial charge < -0.3 is 29.7 Å². The van der Waals surface area contributed by atoms with E-state index >= 15 is 0 Å². The topological polar surface area (TPSA) is 178 Å². The molecule has 3 amide bonds. The maximum absolute atomic E-state index is 13.1. The number of aromatic hydroxyl groups is 1. The predicted molar refractivity (Wildman–Crippen MR) is 195 cm³/mol. The van der Waals surface area contributed by atoms with Crippen LogP contribution in [0.25, 0.3) is 5.69 Å². The smallest absolute Gasteiger partial charge is 0.408 e. The van der Waals surface area contributed by atoms with Gasteiger partial charge in [-0.05, 0) is 56.9 Å². The number of hydrogen-bond donors (Lipinski definition) is 3. The first-order valence-electron chi connectivity index (χ1n) is 17.4. The number of aromatic nitrogens is 4. The first kappa shape index (κ1) is 36.7. The molecule has 0 aliphatic carbocycles. The second kappa shape index (κ2) is 16.6. The summed E-state index contributed by atoms with van der Waals surface area (Å²) in [4.78, 5) is 39.5. The van der Waals surface area contributed by atoms with Gasteiger partial charge in [-0.1, -0.05) is 97.5 Å². The molecule has 3 heterocycles. The molecule has 14 nitrogen and oxygen atoms in total. The highest BCUT2D eigenvalue weighted by Gasteiger charge is 2.41. The van der Waals surface area contributed by atoms with Crippen molar-refractivity contribution in [1.29, 1.82) is 0 Å². The zero-order valence-electron chi connectivity index (χ0n) is 29.2. The summed E-state index contributed by atoms with van der Waals surface area (Å²) in [5.74, 6) is -0.342. The van der Waals surface area contributed by atoms with Gasteiger partial charge in [0, 0.05) is 17.2 Å². The number of amides is 3. The van der Waals surface area contributed by atoms with Crippen LogP contribution >= 0.6 is 11.8 Å². The van der Waals surface area contributed by atoms with Crippen molar-refractivity contribution in [2.45, 2.75) is 62.8 Å². The molecule has 2 saturated heterocycles. The lowest BCUT2D eigenvalue weighted by molar-refractivity contribution is -0.268. The van der Waals surface area contributed by atoms with Crippen LogP contribution in [0.2, 0.25) is 0 Å². The number of aliphatic hydroxyl groups is 1. The molecule has 7 rings (SSSR count). The van der Waals surface area contributed by atoms with Gasteiger partial charge in [-0.3, -0.25) is 14.5 Å². The Labute approximate surface area is 315 Å². The average Bonchev–Trinajstić information content (AvgIpc) is 3.77. The van der Waals surface area contributed by atoms with Gasteiger partial charge in [0.1, 0.15) is 18.4 Å². The average molecular weight is 751 g/mol. The first-order chi connectivity index (χ1) is 26.2. The number of rotatable bonds is 12. The summed E-state index contributed by atoms with van der Waals surface area (Å²) in [6, 6.07) is 29.7. The van der Waals surface area contributed by atoms with Gasteiger partial charge in [-0.15, -0.1) is 5.10 Å². The van der Waals surface area contributed by atoms with Crippen molar-refractivity contribution in [2.75, 3.05) is 5.75 Å². The predicted octanol–water partition coefficient (Wildman–Crippen LogP) is 5.00. The monoisotopic (exact) mass is 750 g/mol. The van der Waals surface area contributed by atoms with E-state index in [4.69, 9.17) is 14.2 Å². The van der Waals surface area contributed by atoms with Crippen molar-refractivity contribution in [3.63, 3.8) is 0 Å². The highest BCUT2D eigenvalue weighted by Crippen LogP contribution is 2.43. The molecule has 1 unspecified atom stereocenters. The summed E-state index contributed by atoms with van der Waals surface area (Å²) >= 11 is 1.44. The summed E-state index contributed by atoms with van der Waals surface area (Å²) in [7, 11) is 0. The number of alkyl carbamates (subject to hydrolysis) is 1. The molecule has 0 spiro atoms. The summed E-state index contributed by atoms with van der Waals surface area (Å²) in [5.41, 5.74) is 4.68. The lowest BCUT2D eigenvalue weighted by atomic mass is 9.91. The zero-order valence-corrected chi connectivity index (χ0v) is 30.0. The molecule has 0 radical (unpaired) electrons. The Balaban J connectivity index is 1.02. The maximum atomic E-state index is 13.1. The van der Waals surface area contributed by atoms with Crippen LogP contribution in [0.3, 0.4) is 0 Å².